The Kier molecular flexibility index (Phi) is 5.77. The first kappa shape index (κ1) is 18.2. The maximum Gasteiger partial charge on any atom is 0.263 e. The van der Waals surface area contributed by atoms with Crippen LogP contribution in [0.2, 0.25) is 0 Å². The maximum atomic E-state index is 12.6. The van der Waals surface area contributed by atoms with Crippen molar-refractivity contribution in [3.05, 3.63) is 41.7 Å². The van der Waals surface area contributed by atoms with E-state index in [1.54, 1.807) is 12.1 Å². The topological polar surface area (TPSA) is 81.2 Å². The highest BCUT2D eigenvalue weighted by Gasteiger charge is 2.17. The van der Waals surface area contributed by atoms with Crippen molar-refractivity contribution in [3.63, 3.8) is 0 Å². The zero-order chi connectivity index (χ0) is 17.7. The molecule has 7 heteroatoms. The normalized spacial score (nSPS) is 11.5. The number of nitrogens with zero attached hydrogens (tertiary/aromatic N) is 2. The zero-order valence-corrected chi connectivity index (χ0v) is 15.2. The van der Waals surface area contributed by atoms with Crippen LogP contribution in [0.3, 0.4) is 0 Å². The maximum absolute atomic E-state index is 12.6. The van der Waals surface area contributed by atoms with E-state index >= 15 is 0 Å². The average Bonchev–Trinajstić information content (AvgIpc) is 2.54. The Labute approximate surface area is 143 Å². The van der Waals surface area contributed by atoms with Gasteiger partial charge in [0, 0.05) is 6.07 Å². The molecule has 0 atom stereocenters. The van der Waals surface area contributed by atoms with E-state index in [1.165, 1.54) is 25.1 Å². The Hall–Kier alpha value is -2.15. The molecular formula is C17H23N3O3S. The van der Waals surface area contributed by atoms with E-state index in [0.717, 1.165) is 18.4 Å². The molecule has 0 unspecified atom stereocenters. The molecule has 0 saturated carbocycles. The summed E-state index contributed by atoms with van der Waals surface area (Å²) in [4.78, 5) is 8.01. The molecule has 0 fully saturated rings. The number of rotatable bonds is 7. The van der Waals surface area contributed by atoms with Gasteiger partial charge in [-0.25, -0.2) is 18.4 Å². The van der Waals surface area contributed by atoms with Crippen LogP contribution in [0.4, 0.5) is 5.82 Å². The minimum Gasteiger partial charge on any atom is -0.481 e. The van der Waals surface area contributed by atoms with Crippen molar-refractivity contribution in [2.45, 2.75) is 38.5 Å². The van der Waals surface area contributed by atoms with Crippen LogP contribution in [0.15, 0.2) is 35.5 Å². The van der Waals surface area contributed by atoms with E-state index < -0.39 is 10.0 Å². The molecule has 0 amide bonds. The summed E-state index contributed by atoms with van der Waals surface area (Å²) in [5, 5.41) is 0. The number of hydrogen-bond acceptors (Lipinski definition) is 5. The summed E-state index contributed by atoms with van der Waals surface area (Å²) in [5.41, 5.74) is 2.24. The van der Waals surface area contributed by atoms with Gasteiger partial charge in [0.2, 0.25) is 5.88 Å². The van der Waals surface area contributed by atoms with Gasteiger partial charge in [-0.2, -0.15) is 0 Å². The van der Waals surface area contributed by atoms with Crippen LogP contribution >= 0.6 is 0 Å². The molecule has 6 nitrogen and oxygen atoms in total. The summed E-state index contributed by atoms with van der Waals surface area (Å²) < 4.78 is 32.7. The number of hydrogen-bond donors (Lipinski definition) is 1. The third-order valence-corrected chi connectivity index (χ3v) is 4.94. The molecule has 130 valence electrons. The smallest absolute Gasteiger partial charge is 0.263 e. The van der Waals surface area contributed by atoms with E-state index in [2.05, 4.69) is 35.5 Å². The fraction of sp³-hybridized carbons (Fsp3) is 0.412. The molecule has 24 heavy (non-hydrogen) atoms. The Balaban J connectivity index is 2.34. The van der Waals surface area contributed by atoms with Gasteiger partial charge in [0.05, 0.1) is 12.0 Å². The number of nitrogens with one attached hydrogen (secondary N) is 1. The molecule has 0 radical (unpaired) electrons. The highest BCUT2D eigenvalue weighted by Crippen LogP contribution is 2.22. The van der Waals surface area contributed by atoms with Gasteiger partial charge in [0.25, 0.3) is 10.0 Å². The molecule has 1 heterocycles. The van der Waals surface area contributed by atoms with Crippen molar-refractivity contribution in [3.8, 4) is 5.88 Å². The standard InChI is InChI=1S/C17H23N3O3S/c1-5-13-6-7-15(9-14(13)8-12(2)3)24(21,22)20-16-10-17(23-4)19-11-18-16/h6-7,9-12H,5,8H2,1-4H3,(H,18,19,20). The molecule has 1 N–H and O–H groups in total. The summed E-state index contributed by atoms with van der Waals surface area (Å²) in [6, 6.07) is 6.70. The number of benzene rings is 1. The Bertz CT molecular complexity index is 804. The van der Waals surface area contributed by atoms with E-state index in [0.29, 0.717) is 11.8 Å². The van der Waals surface area contributed by atoms with E-state index in [9.17, 15) is 8.42 Å². The van der Waals surface area contributed by atoms with E-state index in [-0.39, 0.29) is 10.7 Å². The van der Waals surface area contributed by atoms with Crippen molar-refractivity contribution in [1.82, 2.24) is 9.97 Å². The van der Waals surface area contributed by atoms with Crippen LogP contribution in [0, 0.1) is 5.92 Å². The number of sulfonamides is 1. The van der Waals surface area contributed by atoms with Gasteiger partial charge >= 0.3 is 0 Å². The van der Waals surface area contributed by atoms with E-state index in [1.807, 2.05) is 6.07 Å². The second-order valence-corrected chi connectivity index (χ2v) is 7.62. The lowest BCUT2D eigenvalue weighted by Gasteiger charge is -2.14. The summed E-state index contributed by atoms with van der Waals surface area (Å²) in [6.07, 6.45) is 2.97. The molecule has 0 aliphatic rings. The Morgan fingerprint density at radius 2 is 1.92 bits per heavy atom. The molecule has 1 aromatic carbocycles. The first-order chi connectivity index (χ1) is 11.4. The number of ether oxygens (including phenoxy) is 1. The summed E-state index contributed by atoms with van der Waals surface area (Å²) in [6.45, 7) is 6.30. The Morgan fingerprint density at radius 1 is 1.17 bits per heavy atom. The highest BCUT2D eigenvalue weighted by atomic mass is 32.2. The van der Waals surface area contributed by atoms with Crippen molar-refractivity contribution in [2.75, 3.05) is 11.8 Å². The van der Waals surface area contributed by atoms with Crippen LogP contribution in [-0.2, 0) is 22.9 Å². The van der Waals surface area contributed by atoms with Gasteiger partial charge in [0.15, 0.2) is 0 Å². The summed E-state index contributed by atoms with van der Waals surface area (Å²) in [7, 11) is -2.26. The van der Waals surface area contributed by atoms with Gasteiger partial charge in [-0.15, -0.1) is 0 Å². The van der Waals surface area contributed by atoms with Crippen molar-refractivity contribution in [2.24, 2.45) is 5.92 Å². The first-order valence-electron chi connectivity index (χ1n) is 7.86. The molecule has 0 bridgehead atoms. The lowest BCUT2D eigenvalue weighted by molar-refractivity contribution is 0.397. The second-order valence-electron chi connectivity index (χ2n) is 5.93. The predicted octanol–water partition coefficient (Wildman–Crippen LogP) is 3.05. The average molecular weight is 349 g/mol. The van der Waals surface area contributed by atoms with Gasteiger partial charge in [-0.3, -0.25) is 4.72 Å². The third-order valence-electron chi connectivity index (χ3n) is 3.59. The van der Waals surface area contributed by atoms with Gasteiger partial charge < -0.3 is 4.74 Å². The quantitative estimate of drug-likeness (QED) is 0.831. The first-order valence-corrected chi connectivity index (χ1v) is 9.34. The molecule has 0 aliphatic heterocycles. The van der Waals surface area contributed by atoms with Gasteiger partial charge in [0.1, 0.15) is 12.1 Å². The molecule has 0 aliphatic carbocycles. The number of anilines is 1. The molecule has 2 aromatic rings. The molecular weight excluding hydrogens is 326 g/mol. The molecule has 0 spiro atoms. The summed E-state index contributed by atoms with van der Waals surface area (Å²) in [5.74, 6) is 0.920. The number of aromatic nitrogens is 2. The number of aryl methyl sites for hydroxylation is 1. The predicted molar refractivity (Wildman–Crippen MR) is 93.8 cm³/mol. The molecule has 0 saturated heterocycles. The van der Waals surface area contributed by atoms with Crippen molar-refractivity contribution >= 4 is 15.8 Å². The van der Waals surface area contributed by atoms with E-state index in [4.69, 9.17) is 4.74 Å². The Morgan fingerprint density at radius 3 is 2.54 bits per heavy atom. The third kappa shape index (κ3) is 4.44. The second kappa shape index (κ2) is 7.61. The van der Waals surface area contributed by atoms with Crippen molar-refractivity contribution < 1.29 is 13.2 Å². The van der Waals surface area contributed by atoms with Crippen LogP contribution in [0.1, 0.15) is 31.9 Å². The monoisotopic (exact) mass is 349 g/mol. The molecule has 2 rings (SSSR count). The number of methoxy groups -OCH3 is 1. The SMILES string of the molecule is CCc1ccc(S(=O)(=O)Nc2cc(OC)ncn2)cc1CC(C)C. The lowest BCUT2D eigenvalue weighted by atomic mass is 9.97. The minimum absolute atomic E-state index is 0.173. The largest absolute Gasteiger partial charge is 0.481 e. The minimum atomic E-state index is -3.72. The lowest BCUT2D eigenvalue weighted by Crippen LogP contribution is -2.15. The van der Waals surface area contributed by atoms with Crippen LogP contribution in [0.5, 0.6) is 5.88 Å². The van der Waals surface area contributed by atoms with Gasteiger partial charge in [-0.1, -0.05) is 26.8 Å². The van der Waals surface area contributed by atoms with Crippen molar-refractivity contribution in [1.29, 1.82) is 0 Å². The zero-order valence-electron chi connectivity index (χ0n) is 14.4. The van der Waals surface area contributed by atoms with Crippen LogP contribution < -0.4 is 9.46 Å². The van der Waals surface area contributed by atoms with Gasteiger partial charge in [-0.05, 0) is 42.0 Å². The molecule has 1 aromatic heterocycles. The van der Waals surface area contributed by atoms with Crippen LogP contribution in [0.25, 0.3) is 0 Å². The fourth-order valence-corrected chi connectivity index (χ4v) is 3.50. The highest BCUT2D eigenvalue weighted by molar-refractivity contribution is 7.92. The summed E-state index contributed by atoms with van der Waals surface area (Å²) >= 11 is 0. The fourth-order valence-electron chi connectivity index (χ4n) is 2.45. The van der Waals surface area contributed by atoms with Crippen LogP contribution in [-0.4, -0.2) is 25.5 Å².